The van der Waals surface area contributed by atoms with Crippen LogP contribution in [0.1, 0.15) is 30.5 Å². The minimum Gasteiger partial charge on any atom is -0.312 e. The van der Waals surface area contributed by atoms with Crippen LogP contribution in [-0.2, 0) is 13.0 Å². The van der Waals surface area contributed by atoms with E-state index in [1.807, 2.05) is 29.7 Å². The highest BCUT2D eigenvalue weighted by atomic mass is 32.2. The first-order valence-corrected chi connectivity index (χ1v) is 8.14. The van der Waals surface area contributed by atoms with Crippen LogP contribution in [0, 0.1) is 0 Å². The lowest BCUT2D eigenvalue weighted by molar-refractivity contribution is 0.564. The normalized spacial score (nSPS) is 19.0. The molecule has 0 saturated carbocycles. The average Bonchev–Trinajstić information content (AvgIpc) is 3.07. The van der Waals surface area contributed by atoms with Crippen LogP contribution < -0.4 is 5.32 Å². The summed E-state index contributed by atoms with van der Waals surface area (Å²) in [6, 6.07) is 9.10. The number of nitrogens with zero attached hydrogens (tertiary/aromatic N) is 2. The molecule has 1 aliphatic rings. The average molecular weight is 287 g/mol. The molecule has 3 nitrogen and oxygen atoms in total. The van der Waals surface area contributed by atoms with Gasteiger partial charge in [-0.1, -0.05) is 25.1 Å². The maximum Gasteiger partial charge on any atom is 0.0538 e. The maximum atomic E-state index is 4.46. The molecule has 0 bridgehead atoms. The van der Waals surface area contributed by atoms with Gasteiger partial charge in [-0.05, 0) is 31.5 Å². The van der Waals surface area contributed by atoms with Crippen molar-refractivity contribution < 1.29 is 0 Å². The van der Waals surface area contributed by atoms with Crippen molar-refractivity contribution in [1.82, 2.24) is 15.1 Å². The predicted molar refractivity (Wildman–Crippen MR) is 84.1 cm³/mol. The van der Waals surface area contributed by atoms with Crippen LogP contribution in [0.4, 0.5) is 0 Å². The number of aromatic nitrogens is 2. The molecule has 1 aromatic heterocycles. The van der Waals surface area contributed by atoms with Gasteiger partial charge in [0.05, 0.1) is 6.20 Å². The number of aryl methyl sites for hydroxylation is 1. The van der Waals surface area contributed by atoms with Crippen LogP contribution >= 0.6 is 11.8 Å². The molecule has 0 saturated heterocycles. The second-order valence-electron chi connectivity index (χ2n) is 5.27. The molecule has 20 heavy (non-hydrogen) atoms. The number of hydrogen-bond donors (Lipinski definition) is 1. The van der Waals surface area contributed by atoms with E-state index in [1.54, 1.807) is 0 Å². The number of thioether (sulfide) groups is 1. The van der Waals surface area contributed by atoms with Crippen molar-refractivity contribution in [2.45, 2.75) is 42.5 Å². The summed E-state index contributed by atoms with van der Waals surface area (Å²) >= 11 is 1.99. The van der Waals surface area contributed by atoms with E-state index < -0.39 is 0 Å². The van der Waals surface area contributed by atoms with Gasteiger partial charge in [-0.15, -0.1) is 11.8 Å². The summed E-state index contributed by atoms with van der Waals surface area (Å²) in [4.78, 5) is 1.43. The van der Waals surface area contributed by atoms with E-state index in [0.717, 1.165) is 19.4 Å². The zero-order chi connectivity index (χ0) is 13.9. The van der Waals surface area contributed by atoms with Crippen molar-refractivity contribution in [3.63, 3.8) is 0 Å². The third kappa shape index (κ3) is 2.63. The summed E-state index contributed by atoms with van der Waals surface area (Å²) in [6.45, 7) is 3.18. The van der Waals surface area contributed by atoms with Crippen molar-refractivity contribution in [2.24, 2.45) is 0 Å². The molecular weight excluding hydrogens is 266 g/mol. The molecule has 1 aromatic carbocycles. The fourth-order valence-electron chi connectivity index (χ4n) is 2.85. The molecule has 0 fully saturated rings. The molecule has 2 atom stereocenters. The highest BCUT2D eigenvalue weighted by Crippen LogP contribution is 2.42. The minimum atomic E-state index is 0.359. The van der Waals surface area contributed by atoms with E-state index in [9.17, 15) is 0 Å². The topological polar surface area (TPSA) is 29.9 Å². The summed E-state index contributed by atoms with van der Waals surface area (Å²) in [6.07, 6.45) is 6.45. The molecule has 4 heteroatoms. The Balaban J connectivity index is 1.77. The van der Waals surface area contributed by atoms with Gasteiger partial charge in [-0.3, -0.25) is 4.68 Å². The third-order valence-electron chi connectivity index (χ3n) is 3.82. The van der Waals surface area contributed by atoms with Gasteiger partial charge in [0.15, 0.2) is 0 Å². The minimum absolute atomic E-state index is 0.359. The lowest BCUT2D eigenvalue weighted by Crippen LogP contribution is -2.26. The van der Waals surface area contributed by atoms with E-state index >= 15 is 0 Å². The molecule has 1 N–H and O–H groups in total. The highest BCUT2D eigenvalue weighted by molar-refractivity contribution is 8.00. The number of rotatable bonds is 5. The summed E-state index contributed by atoms with van der Waals surface area (Å²) in [5, 5.41) is 8.49. The molecule has 0 radical (unpaired) electrons. The van der Waals surface area contributed by atoms with Gasteiger partial charge in [0.2, 0.25) is 0 Å². The first-order chi connectivity index (χ1) is 9.81. The predicted octanol–water partition coefficient (Wildman–Crippen LogP) is 3.27. The molecule has 0 amide bonds. The van der Waals surface area contributed by atoms with Crippen molar-refractivity contribution in [1.29, 1.82) is 0 Å². The Bertz CT molecular complexity index is 554. The molecule has 3 rings (SSSR count). The summed E-state index contributed by atoms with van der Waals surface area (Å²) in [5.41, 5.74) is 2.77. The molecule has 2 heterocycles. The number of hydrogen-bond acceptors (Lipinski definition) is 3. The Kier molecular flexibility index (Phi) is 4.13. The van der Waals surface area contributed by atoms with Gasteiger partial charge >= 0.3 is 0 Å². The Morgan fingerprint density at radius 2 is 2.30 bits per heavy atom. The van der Waals surface area contributed by atoms with Crippen LogP contribution in [0.5, 0.6) is 0 Å². The van der Waals surface area contributed by atoms with Crippen LogP contribution in [0.3, 0.4) is 0 Å². The van der Waals surface area contributed by atoms with Gasteiger partial charge in [0.25, 0.3) is 0 Å². The Labute approximate surface area is 124 Å². The summed E-state index contributed by atoms with van der Waals surface area (Å²) in [7, 11) is 2.05. The van der Waals surface area contributed by atoms with Gasteiger partial charge in [-0.2, -0.15) is 5.10 Å². The quantitative estimate of drug-likeness (QED) is 0.915. The first kappa shape index (κ1) is 13.7. The Morgan fingerprint density at radius 1 is 1.45 bits per heavy atom. The highest BCUT2D eigenvalue weighted by Gasteiger charge is 2.30. The number of benzene rings is 1. The monoisotopic (exact) mass is 287 g/mol. The molecule has 1 aliphatic heterocycles. The SMILES string of the molecule is CCCn1cc(C(NC)C2Cc3ccccc3S2)cn1. The largest absolute Gasteiger partial charge is 0.312 e. The third-order valence-corrected chi connectivity index (χ3v) is 5.21. The molecule has 0 spiro atoms. The lowest BCUT2D eigenvalue weighted by atomic mass is 10.0. The summed E-state index contributed by atoms with van der Waals surface area (Å²) < 4.78 is 2.05. The van der Waals surface area contributed by atoms with Gasteiger partial charge < -0.3 is 5.32 Å². The first-order valence-electron chi connectivity index (χ1n) is 7.26. The standard InChI is InChI=1S/C16H21N3S/c1-3-8-19-11-13(10-18-19)16(17-2)15-9-12-6-4-5-7-14(12)20-15/h4-7,10-11,15-17H,3,8-9H2,1-2H3. The maximum absolute atomic E-state index is 4.46. The van der Waals surface area contributed by atoms with E-state index in [0.29, 0.717) is 11.3 Å². The number of fused-ring (bicyclic) bond motifs is 1. The van der Waals surface area contributed by atoms with Crippen molar-refractivity contribution in [3.05, 3.63) is 47.8 Å². The van der Waals surface area contributed by atoms with E-state index in [2.05, 4.69) is 47.8 Å². The van der Waals surface area contributed by atoms with Crippen molar-refractivity contribution in [3.8, 4) is 0 Å². The zero-order valence-electron chi connectivity index (χ0n) is 12.0. The second-order valence-corrected chi connectivity index (χ2v) is 6.55. The van der Waals surface area contributed by atoms with Gasteiger partial charge in [-0.25, -0.2) is 0 Å². The molecule has 0 aliphatic carbocycles. The van der Waals surface area contributed by atoms with Crippen molar-refractivity contribution >= 4 is 11.8 Å². The molecular formula is C16H21N3S. The molecule has 2 aromatic rings. The van der Waals surface area contributed by atoms with Crippen LogP contribution in [0.15, 0.2) is 41.6 Å². The fraction of sp³-hybridized carbons (Fsp3) is 0.438. The fourth-order valence-corrected chi connectivity index (χ4v) is 4.33. The molecule has 106 valence electrons. The van der Waals surface area contributed by atoms with E-state index in [4.69, 9.17) is 0 Å². The van der Waals surface area contributed by atoms with Crippen LogP contribution in [-0.4, -0.2) is 22.1 Å². The second kappa shape index (κ2) is 6.02. The Hall–Kier alpha value is -1.26. The molecule has 2 unspecified atom stereocenters. The van der Waals surface area contributed by atoms with Crippen LogP contribution in [0.25, 0.3) is 0 Å². The van der Waals surface area contributed by atoms with Gasteiger partial charge in [0.1, 0.15) is 0 Å². The number of nitrogens with one attached hydrogen (secondary N) is 1. The van der Waals surface area contributed by atoms with E-state index in [-0.39, 0.29) is 0 Å². The van der Waals surface area contributed by atoms with Crippen molar-refractivity contribution in [2.75, 3.05) is 7.05 Å². The Morgan fingerprint density at radius 3 is 3.05 bits per heavy atom. The smallest absolute Gasteiger partial charge is 0.0538 e. The van der Waals surface area contributed by atoms with Gasteiger partial charge in [0, 0.05) is 34.5 Å². The van der Waals surface area contributed by atoms with E-state index in [1.165, 1.54) is 16.0 Å². The zero-order valence-corrected chi connectivity index (χ0v) is 12.9. The lowest BCUT2D eigenvalue weighted by Gasteiger charge is -2.20. The summed E-state index contributed by atoms with van der Waals surface area (Å²) in [5.74, 6) is 0. The van der Waals surface area contributed by atoms with Crippen LogP contribution in [0.2, 0.25) is 0 Å².